The maximum Gasteiger partial charge on any atom is 0.321 e. The van der Waals surface area contributed by atoms with Crippen LogP contribution in [-0.2, 0) is 0 Å². The third-order valence-electron chi connectivity index (χ3n) is 1.47. The van der Waals surface area contributed by atoms with Crippen molar-refractivity contribution < 1.29 is 13.9 Å². The molecule has 0 fully saturated rings. The molecule has 1 nitrogen and oxygen atoms in total. The van der Waals surface area contributed by atoms with Crippen LogP contribution in [-0.4, -0.2) is 9.04 Å². The van der Waals surface area contributed by atoms with Gasteiger partial charge in [0.2, 0.25) is 0 Å². The maximum atomic E-state index is 12.9. The van der Waals surface area contributed by atoms with E-state index in [0.29, 0.717) is 0 Å². The van der Waals surface area contributed by atoms with Crippen LogP contribution in [0, 0.1) is 0 Å². The van der Waals surface area contributed by atoms with Gasteiger partial charge in [-0.2, -0.15) is 8.78 Å². The predicted molar refractivity (Wildman–Crippen MR) is 60.8 cm³/mol. The van der Waals surface area contributed by atoms with Crippen molar-refractivity contribution in [3.8, 4) is 0 Å². The van der Waals surface area contributed by atoms with E-state index in [0.717, 1.165) is 28.7 Å². The summed E-state index contributed by atoms with van der Waals surface area (Å²) in [5.74, 6) is -0.155. The van der Waals surface area contributed by atoms with E-state index < -0.39 is 3.93 Å². The van der Waals surface area contributed by atoms with Crippen molar-refractivity contribution in [3.05, 3.63) is 46.7 Å². The number of rotatable bonds is 1. The van der Waals surface area contributed by atoms with Gasteiger partial charge in [0.15, 0.2) is 0 Å². The molecule has 0 radical (unpaired) electrons. The van der Waals surface area contributed by atoms with Gasteiger partial charge >= 0.3 is 3.93 Å². The summed E-state index contributed by atoms with van der Waals surface area (Å²) < 4.78 is 22.8. The Balaban J connectivity index is 3.07. The first kappa shape index (κ1) is 11.7. The third kappa shape index (κ3) is 3.42. The van der Waals surface area contributed by atoms with Gasteiger partial charge in [-0.3, -0.25) is 0 Å². The molecule has 0 saturated carbocycles. The number of hydrogen-bond donors (Lipinski definition) is 1. The van der Waals surface area contributed by atoms with Crippen LogP contribution in [0.4, 0.5) is 8.78 Å². The molecule has 76 valence electrons. The minimum absolute atomic E-state index is 0.155. The van der Waals surface area contributed by atoms with Crippen LogP contribution < -0.4 is 0 Å². The van der Waals surface area contributed by atoms with Crippen molar-refractivity contribution in [2.24, 2.45) is 0 Å². The molecule has 0 saturated heterocycles. The minimum atomic E-state index is -2.97. The quantitative estimate of drug-likeness (QED) is 0.567. The summed E-state index contributed by atoms with van der Waals surface area (Å²) in [5.41, 5.74) is -0.212. The zero-order chi connectivity index (χ0) is 10.8. The Labute approximate surface area is 98.6 Å². The number of hydrogen-bond acceptors (Lipinski definition) is 1. The summed E-state index contributed by atoms with van der Waals surface area (Å²) >= 11 is 6.62. The highest BCUT2D eigenvalue weighted by molar-refractivity contribution is 14.1. The highest BCUT2D eigenvalue weighted by Gasteiger charge is 2.27. The second-order valence-corrected chi connectivity index (χ2v) is 4.37. The summed E-state index contributed by atoms with van der Waals surface area (Å²) in [6, 6.07) is 0. The maximum absolute atomic E-state index is 12.9. The first-order chi connectivity index (χ1) is 6.39. The molecule has 0 aromatic heterocycles. The van der Waals surface area contributed by atoms with E-state index in [-0.39, 0.29) is 16.4 Å². The molecule has 1 rings (SSSR count). The van der Waals surface area contributed by atoms with Crippen LogP contribution >= 0.6 is 34.2 Å². The van der Waals surface area contributed by atoms with Gasteiger partial charge in [-0.1, -0.05) is 17.7 Å². The zero-order valence-corrected chi connectivity index (χ0v) is 9.76. The molecule has 0 aromatic rings. The van der Waals surface area contributed by atoms with Crippen molar-refractivity contribution in [2.45, 2.75) is 3.93 Å². The fraction of sp³-hybridized carbons (Fsp3) is 0.111. The topological polar surface area (TPSA) is 20.2 Å². The van der Waals surface area contributed by atoms with Gasteiger partial charge in [0.1, 0.15) is 5.76 Å². The molecular formula is C9H6ClF2IO. The molecule has 5 heteroatoms. The van der Waals surface area contributed by atoms with Crippen molar-refractivity contribution in [2.75, 3.05) is 0 Å². The second kappa shape index (κ2) is 4.44. The fourth-order valence-electron chi connectivity index (χ4n) is 0.827. The Morgan fingerprint density at radius 1 is 1.29 bits per heavy atom. The van der Waals surface area contributed by atoms with Gasteiger partial charge in [-0.25, -0.2) is 0 Å². The molecule has 1 aliphatic carbocycles. The van der Waals surface area contributed by atoms with Crippen molar-refractivity contribution in [1.29, 1.82) is 0 Å². The first-order valence-electron chi connectivity index (χ1n) is 3.63. The van der Waals surface area contributed by atoms with E-state index in [1.54, 1.807) is 0 Å². The molecule has 0 aromatic carbocycles. The van der Waals surface area contributed by atoms with E-state index in [1.807, 2.05) is 0 Å². The van der Waals surface area contributed by atoms with E-state index in [1.165, 1.54) is 24.3 Å². The van der Waals surface area contributed by atoms with E-state index >= 15 is 0 Å². The molecule has 0 amide bonds. The van der Waals surface area contributed by atoms with Gasteiger partial charge < -0.3 is 5.11 Å². The van der Waals surface area contributed by atoms with Gasteiger partial charge in [-0.15, -0.1) is 0 Å². The number of aliphatic hydroxyl groups is 1. The molecular weight excluding hydrogens is 324 g/mol. The number of aliphatic hydroxyl groups excluding tert-OH is 1. The number of allylic oxidation sites excluding steroid dienone is 7. The normalized spacial score (nSPS) is 31.3. The zero-order valence-electron chi connectivity index (χ0n) is 6.85. The highest BCUT2D eigenvalue weighted by atomic mass is 127. The lowest BCUT2D eigenvalue weighted by atomic mass is 10.2. The van der Waals surface area contributed by atoms with Crippen molar-refractivity contribution in [3.63, 3.8) is 0 Å². The van der Waals surface area contributed by atoms with Crippen LogP contribution in [0.2, 0.25) is 0 Å². The Morgan fingerprint density at radius 2 is 1.93 bits per heavy atom. The molecule has 0 atom stereocenters. The Morgan fingerprint density at radius 3 is 2.50 bits per heavy atom. The lowest BCUT2D eigenvalue weighted by Gasteiger charge is -2.09. The minimum Gasteiger partial charge on any atom is -0.508 e. The molecule has 0 unspecified atom stereocenters. The lowest BCUT2D eigenvalue weighted by Crippen LogP contribution is -2.07. The standard InChI is InChI=1S/C9H6ClF2IO/c10-7-3-1-6(9(11,12)13)2-4-8(14)5-7/h1-5,14H/b3-1?,4-2+,6-1+,6-2?,7-3+,7-5?,8-4?,8-5-. The Bertz CT molecular complexity index is 350. The number of halogens is 4. The van der Waals surface area contributed by atoms with Crippen LogP contribution in [0.5, 0.6) is 0 Å². The lowest BCUT2D eigenvalue weighted by molar-refractivity contribution is 0.173. The molecule has 1 aliphatic rings. The predicted octanol–water partition coefficient (Wildman–Crippen LogP) is 4.08. The number of alkyl halides is 3. The van der Waals surface area contributed by atoms with Gasteiger partial charge in [0, 0.05) is 33.2 Å². The highest BCUT2D eigenvalue weighted by Crippen LogP contribution is 2.33. The first-order valence-corrected chi connectivity index (χ1v) is 5.08. The third-order valence-corrected chi connectivity index (χ3v) is 2.33. The monoisotopic (exact) mass is 330 g/mol. The van der Waals surface area contributed by atoms with Crippen LogP contribution in [0.1, 0.15) is 0 Å². The largest absolute Gasteiger partial charge is 0.508 e. The fourth-order valence-corrected chi connectivity index (χ4v) is 1.36. The Hall–Kier alpha value is -0.360. The average molecular weight is 330 g/mol. The molecule has 0 aliphatic heterocycles. The van der Waals surface area contributed by atoms with Gasteiger partial charge in [-0.05, 0) is 24.3 Å². The molecule has 1 N–H and O–H groups in total. The van der Waals surface area contributed by atoms with Gasteiger partial charge in [0.25, 0.3) is 0 Å². The molecule has 0 spiro atoms. The molecule has 14 heavy (non-hydrogen) atoms. The van der Waals surface area contributed by atoms with E-state index in [2.05, 4.69) is 0 Å². The van der Waals surface area contributed by atoms with Crippen LogP contribution in [0.25, 0.3) is 0 Å². The molecule has 0 heterocycles. The van der Waals surface area contributed by atoms with E-state index in [4.69, 9.17) is 16.7 Å². The van der Waals surface area contributed by atoms with Crippen molar-refractivity contribution in [1.82, 2.24) is 0 Å². The van der Waals surface area contributed by atoms with Crippen LogP contribution in [0.15, 0.2) is 46.7 Å². The van der Waals surface area contributed by atoms with E-state index in [9.17, 15) is 8.78 Å². The smallest absolute Gasteiger partial charge is 0.321 e. The molecule has 0 bridgehead atoms. The Kier molecular flexibility index (Phi) is 3.71. The van der Waals surface area contributed by atoms with Crippen LogP contribution in [0.3, 0.4) is 0 Å². The summed E-state index contributed by atoms with van der Waals surface area (Å²) in [6.45, 7) is 0. The van der Waals surface area contributed by atoms with Gasteiger partial charge in [0.05, 0.1) is 0 Å². The second-order valence-electron chi connectivity index (χ2n) is 2.57. The summed E-state index contributed by atoms with van der Waals surface area (Å²) in [5, 5.41) is 9.34. The summed E-state index contributed by atoms with van der Waals surface area (Å²) in [6.07, 6.45) is 6.12. The SMILES string of the molecule is OC1=C\C(Cl)=C/C=C(C(F)(F)I)\C=C\1. The average Bonchev–Trinajstić information content (AvgIpc) is 1.98. The summed E-state index contributed by atoms with van der Waals surface area (Å²) in [4.78, 5) is 0. The van der Waals surface area contributed by atoms with Crippen molar-refractivity contribution >= 4 is 34.2 Å². The summed E-state index contributed by atoms with van der Waals surface area (Å²) in [7, 11) is 0.